The zero-order chi connectivity index (χ0) is 14.0. The molecule has 0 atom stereocenters. The van der Waals surface area contributed by atoms with Crippen LogP contribution in [-0.2, 0) is 0 Å². The molecule has 0 aliphatic heterocycles. The van der Waals surface area contributed by atoms with Gasteiger partial charge in [-0.1, -0.05) is 11.6 Å². The lowest BCUT2D eigenvalue weighted by Crippen LogP contribution is -1.99. The van der Waals surface area contributed by atoms with Crippen molar-refractivity contribution < 1.29 is 9.13 Å². The molecule has 2 rings (SSSR count). The summed E-state index contributed by atoms with van der Waals surface area (Å²) in [5.74, 6) is -0.145. The molecule has 0 N–H and O–H groups in total. The van der Waals surface area contributed by atoms with Crippen LogP contribution in [0.1, 0.15) is 11.1 Å². The SMILES string of the molecule is Cc1cn(-c2cc(OCC#N)c(Cl)cc2F)cc1C. The second kappa shape index (κ2) is 5.33. The molecule has 0 radical (unpaired) electrons. The predicted molar refractivity (Wildman–Crippen MR) is 71.3 cm³/mol. The van der Waals surface area contributed by atoms with E-state index in [2.05, 4.69) is 0 Å². The molecule has 1 aromatic heterocycles. The highest BCUT2D eigenvalue weighted by Crippen LogP contribution is 2.30. The molecule has 0 fully saturated rings. The summed E-state index contributed by atoms with van der Waals surface area (Å²) in [6.07, 6.45) is 3.66. The largest absolute Gasteiger partial charge is 0.477 e. The Labute approximate surface area is 115 Å². The first-order valence-corrected chi connectivity index (χ1v) is 6.05. The van der Waals surface area contributed by atoms with E-state index in [1.165, 1.54) is 12.1 Å². The molecule has 5 heteroatoms. The molecule has 0 unspecified atom stereocenters. The highest BCUT2D eigenvalue weighted by molar-refractivity contribution is 6.32. The number of aryl methyl sites for hydroxylation is 2. The Balaban J connectivity index is 2.48. The molecule has 2 aromatic rings. The van der Waals surface area contributed by atoms with Gasteiger partial charge in [-0.2, -0.15) is 5.26 Å². The minimum atomic E-state index is -0.440. The quantitative estimate of drug-likeness (QED) is 0.857. The standard InChI is InChI=1S/C14H12ClFN2O/c1-9-7-18(8-10(9)2)13-6-14(19-4-3-17)11(15)5-12(13)16/h5-8H,4H2,1-2H3. The number of halogens is 2. The van der Waals surface area contributed by atoms with Crippen molar-refractivity contribution in [2.24, 2.45) is 0 Å². The van der Waals surface area contributed by atoms with Gasteiger partial charge < -0.3 is 9.30 Å². The summed E-state index contributed by atoms with van der Waals surface area (Å²) >= 11 is 5.88. The maximum absolute atomic E-state index is 14.0. The fourth-order valence-corrected chi connectivity index (χ4v) is 1.94. The zero-order valence-electron chi connectivity index (χ0n) is 10.6. The van der Waals surface area contributed by atoms with Crippen molar-refractivity contribution in [1.82, 2.24) is 4.57 Å². The van der Waals surface area contributed by atoms with Gasteiger partial charge in [0.1, 0.15) is 17.6 Å². The fourth-order valence-electron chi connectivity index (χ4n) is 1.73. The fraction of sp³-hybridized carbons (Fsp3) is 0.214. The molecular formula is C14H12ClFN2O. The van der Waals surface area contributed by atoms with Gasteiger partial charge in [-0.25, -0.2) is 4.39 Å². The highest BCUT2D eigenvalue weighted by Gasteiger charge is 2.12. The Morgan fingerprint density at radius 1 is 1.32 bits per heavy atom. The summed E-state index contributed by atoms with van der Waals surface area (Å²) in [4.78, 5) is 0. The molecule has 1 heterocycles. The van der Waals surface area contributed by atoms with Gasteiger partial charge >= 0.3 is 0 Å². The van der Waals surface area contributed by atoms with Crippen LogP contribution in [0.5, 0.6) is 5.75 Å². The Morgan fingerprint density at radius 2 is 1.95 bits per heavy atom. The number of nitrogens with zero attached hydrogens (tertiary/aromatic N) is 2. The van der Waals surface area contributed by atoms with Gasteiger partial charge in [0.25, 0.3) is 0 Å². The lowest BCUT2D eigenvalue weighted by atomic mass is 10.2. The molecule has 0 saturated carbocycles. The minimum absolute atomic E-state index is 0.130. The maximum atomic E-state index is 14.0. The highest BCUT2D eigenvalue weighted by atomic mass is 35.5. The molecular weight excluding hydrogens is 267 g/mol. The summed E-state index contributed by atoms with van der Waals surface area (Å²) in [6.45, 7) is 3.77. The molecule has 0 bridgehead atoms. The van der Waals surface area contributed by atoms with Crippen molar-refractivity contribution in [3.63, 3.8) is 0 Å². The third kappa shape index (κ3) is 2.72. The summed E-state index contributed by atoms with van der Waals surface area (Å²) in [7, 11) is 0. The molecule has 0 aliphatic carbocycles. The van der Waals surface area contributed by atoms with Gasteiger partial charge in [-0.15, -0.1) is 0 Å². The molecule has 3 nitrogen and oxygen atoms in total. The van der Waals surface area contributed by atoms with E-state index in [-0.39, 0.29) is 11.6 Å². The van der Waals surface area contributed by atoms with Gasteiger partial charge in [0.05, 0.1) is 10.7 Å². The summed E-state index contributed by atoms with van der Waals surface area (Å²) in [5.41, 5.74) is 2.47. The summed E-state index contributed by atoms with van der Waals surface area (Å²) in [5, 5.41) is 8.65. The van der Waals surface area contributed by atoms with E-state index in [1.807, 2.05) is 32.3 Å². The summed E-state index contributed by atoms with van der Waals surface area (Å²) in [6, 6.07) is 4.53. The van der Waals surface area contributed by atoms with E-state index < -0.39 is 5.82 Å². The van der Waals surface area contributed by atoms with Crippen LogP contribution in [0.25, 0.3) is 5.69 Å². The molecule has 19 heavy (non-hydrogen) atoms. The number of hydrogen-bond donors (Lipinski definition) is 0. The van der Waals surface area contributed by atoms with Crippen LogP contribution >= 0.6 is 11.6 Å². The van der Waals surface area contributed by atoms with E-state index in [0.717, 1.165) is 11.1 Å². The van der Waals surface area contributed by atoms with E-state index in [9.17, 15) is 4.39 Å². The monoisotopic (exact) mass is 278 g/mol. The summed E-state index contributed by atoms with van der Waals surface area (Å²) < 4.78 is 20.8. The van der Waals surface area contributed by atoms with E-state index in [0.29, 0.717) is 11.4 Å². The van der Waals surface area contributed by atoms with Crippen molar-refractivity contribution in [2.75, 3.05) is 6.61 Å². The van der Waals surface area contributed by atoms with E-state index in [4.69, 9.17) is 21.6 Å². The smallest absolute Gasteiger partial charge is 0.174 e. The van der Waals surface area contributed by atoms with E-state index in [1.54, 1.807) is 4.57 Å². The van der Waals surface area contributed by atoms with Gasteiger partial charge in [0.2, 0.25) is 0 Å². The lowest BCUT2D eigenvalue weighted by molar-refractivity contribution is 0.367. The average Bonchev–Trinajstić information content (AvgIpc) is 2.68. The van der Waals surface area contributed by atoms with Crippen LogP contribution in [0, 0.1) is 31.0 Å². The van der Waals surface area contributed by atoms with Crippen molar-refractivity contribution >= 4 is 11.6 Å². The second-order valence-corrected chi connectivity index (χ2v) is 4.62. The predicted octanol–water partition coefficient (Wildman–Crippen LogP) is 3.79. The Kier molecular flexibility index (Phi) is 3.77. The number of hydrogen-bond acceptors (Lipinski definition) is 2. The topological polar surface area (TPSA) is 38.0 Å². The Morgan fingerprint density at radius 3 is 2.53 bits per heavy atom. The number of aromatic nitrogens is 1. The number of rotatable bonds is 3. The van der Waals surface area contributed by atoms with Gasteiger partial charge in [-0.3, -0.25) is 0 Å². The third-order valence-corrected chi connectivity index (χ3v) is 3.15. The first-order chi connectivity index (χ1) is 9.02. The molecule has 0 amide bonds. The van der Waals surface area contributed by atoms with Crippen LogP contribution in [0.15, 0.2) is 24.5 Å². The molecule has 1 aromatic carbocycles. The first-order valence-electron chi connectivity index (χ1n) is 5.67. The number of ether oxygens (including phenoxy) is 1. The average molecular weight is 279 g/mol. The van der Waals surface area contributed by atoms with Crippen molar-refractivity contribution in [1.29, 1.82) is 5.26 Å². The van der Waals surface area contributed by atoms with Crippen molar-refractivity contribution in [2.45, 2.75) is 13.8 Å². The van der Waals surface area contributed by atoms with Crippen LogP contribution < -0.4 is 4.74 Å². The molecule has 0 aliphatic rings. The first kappa shape index (κ1) is 13.4. The van der Waals surface area contributed by atoms with Gasteiger partial charge in [0.15, 0.2) is 6.61 Å². The van der Waals surface area contributed by atoms with Crippen LogP contribution in [0.4, 0.5) is 4.39 Å². The zero-order valence-corrected chi connectivity index (χ0v) is 11.3. The normalized spacial score (nSPS) is 10.3. The van der Waals surface area contributed by atoms with Crippen molar-refractivity contribution in [3.8, 4) is 17.5 Å². The molecule has 0 spiro atoms. The molecule has 0 saturated heterocycles. The lowest BCUT2D eigenvalue weighted by Gasteiger charge is -2.10. The second-order valence-electron chi connectivity index (χ2n) is 4.21. The minimum Gasteiger partial charge on any atom is -0.477 e. The Bertz CT molecular complexity index is 639. The van der Waals surface area contributed by atoms with Crippen LogP contribution in [-0.4, -0.2) is 11.2 Å². The third-order valence-electron chi connectivity index (χ3n) is 2.86. The van der Waals surface area contributed by atoms with Crippen LogP contribution in [0.2, 0.25) is 5.02 Å². The van der Waals surface area contributed by atoms with Crippen molar-refractivity contribution in [3.05, 3.63) is 46.5 Å². The van der Waals surface area contributed by atoms with Gasteiger partial charge in [-0.05, 0) is 31.0 Å². The Hall–Kier alpha value is -1.99. The molecule has 98 valence electrons. The maximum Gasteiger partial charge on any atom is 0.174 e. The number of benzene rings is 1. The van der Waals surface area contributed by atoms with Gasteiger partial charge in [0, 0.05) is 18.5 Å². The van der Waals surface area contributed by atoms with Crippen LogP contribution in [0.3, 0.4) is 0 Å². The van der Waals surface area contributed by atoms with E-state index >= 15 is 0 Å². The number of nitriles is 1.